The summed E-state index contributed by atoms with van der Waals surface area (Å²) in [6.45, 7) is 0. The quantitative estimate of drug-likeness (QED) is 0.645. The highest BCUT2D eigenvalue weighted by molar-refractivity contribution is 6.00. The third kappa shape index (κ3) is 4.12. The maximum atomic E-state index is 13.3. The SMILES string of the molecule is COc1cc(OC)c(C2C(C#N)=C(N)N(NC(=O)c3ccncc3)C3=C2C(=O)CCC3)cc1OC. The number of aromatic nitrogens is 1. The normalized spacial score (nSPS) is 17.5. The van der Waals surface area contributed by atoms with Gasteiger partial charge in [-0.3, -0.25) is 20.0 Å². The fourth-order valence-corrected chi connectivity index (χ4v) is 4.47. The topological polar surface area (TPSA) is 140 Å². The molecule has 4 rings (SSSR count). The molecule has 0 saturated carbocycles. The summed E-state index contributed by atoms with van der Waals surface area (Å²) in [4.78, 5) is 30.1. The highest BCUT2D eigenvalue weighted by Crippen LogP contribution is 2.48. The fraction of sp³-hybridized carbons (Fsp3) is 0.280. The lowest BCUT2D eigenvalue weighted by atomic mass is 9.75. The Bertz CT molecular complexity index is 1280. The second-order valence-electron chi connectivity index (χ2n) is 7.94. The zero-order valence-corrected chi connectivity index (χ0v) is 19.6. The van der Waals surface area contributed by atoms with E-state index in [-0.39, 0.29) is 17.2 Å². The van der Waals surface area contributed by atoms with Gasteiger partial charge in [0, 0.05) is 47.3 Å². The molecule has 2 heterocycles. The molecule has 1 aromatic heterocycles. The van der Waals surface area contributed by atoms with E-state index in [0.29, 0.717) is 58.9 Å². The molecule has 3 N–H and O–H groups in total. The number of nitrogens with two attached hydrogens (primary N) is 1. The van der Waals surface area contributed by atoms with E-state index in [2.05, 4.69) is 16.5 Å². The average molecular weight is 476 g/mol. The summed E-state index contributed by atoms with van der Waals surface area (Å²) < 4.78 is 16.4. The predicted octanol–water partition coefficient (Wildman–Crippen LogP) is 2.55. The molecular weight excluding hydrogens is 450 g/mol. The van der Waals surface area contributed by atoms with Crippen LogP contribution in [0.15, 0.2) is 59.3 Å². The van der Waals surface area contributed by atoms with Gasteiger partial charge in [-0.2, -0.15) is 5.26 Å². The van der Waals surface area contributed by atoms with Crippen molar-refractivity contribution in [3.63, 3.8) is 0 Å². The maximum Gasteiger partial charge on any atom is 0.270 e. The van der Waals surface area contributed by atoms with Crippen LogP contribution in [0.3, 0.4) is 0 Å². The van der Waals surface area contributed by atoms with Crippen molar-refractivity contribution in [2.24, 2.45) is 5.73 Å². The van der Waals surface area contributed by atoms with Crippen LogP contribution in [0.25, 0.3) is 0 Å². The largest absolute Gasteiger partial charge is 0.496 e. The molecule has 1 aliphatic carbocycles. The minimum absolute atomic E-state index is 0.0326. The lowest BCUT2D eigenvalue weighted by molar-refractivity contribution is -0.116. The molecule has 2 aliphatic rings. The molecule has 35 heavy (non-hydrogen) atoms. The zero-order valence-electron chi connectivity index (χ0n) is 19.6. The van der Waals surface area contributed by atoms with Gasteiger partial charge >= 0.3 is 0 Å². The smallest absolute Gasteiger partial charge is 0.270 e. The molecule has 0 saturated heterocycles. The Morgan fingerprint density at radius 1 is 1.11 bits per heavy atom. The van der Waals surface area contributed by atoms with Gasteiger partial charge in [-0.05, 0) is 31.0 Å². The minimum Gasteiger partial charge on any atom is -0.496 e. The minimum atomic E-state index is -0.799. The number of allylic oxidation sites excluding steroid dienone is 3. The fourth-order valence-electron chi connectivity index (χ4n) is 4.47. The van der Waals surface area contributed by atoms with Gasteiger partial charge in [-0.15, -0.1) is 0 Å². The lowest BCUT2D eigenvalue weighted by Crippen LogP contribution is -2.48. The Kier molecular flexibility index (Phi) is 6.59. The number of ketones is 1. The predicted molar refractivity (Wildman–Crippen MR) is 125 cm³/mol. The number of nitrogens with one attached hydrogen (secondary N) is 1. The van der Waals surface area contributed by atoms with E-state index in [1.807, 2.05) is 0 Å². The van der Waals surface area contributed by atoms with Crippen LogP contribution in [0, 0.1) is 11.3 Å². The van der Waals surface area contributed by atoms with Gasteiger partial charge in [0.15, 0.2) is 17.3 Å². The van der Waals surface area contributed by atoms with E-state index >= 15 is 0 Å². The Labute approximate surface area is 202 Å². The molecule has 1 atom stereocenters. The zero-order chi connectivity index (χ0) is 25.1. The summed E-state index contributed by atoms with van der Waals surface area (Å²) in [6, 6.07) is 8.60. The molecule has 1 amide bonds. The van der Waals surface area contributed by atoms with Crippen LogP contribution in [-0.2, 0) is 4.79 Å². The van der Waals surface area contributed by atoms with Crippen molar-refractivity contribution < 1.29 is 23.8 Å². The lowest BCUT2D eigenvalue weighted by Gasteiger charge is -2.39. The van der Waals surface area contributed by atoms with Crippen LogP contribution < -0.4 is 25.4 Å². The third-order valence-electron chi connectivity index (χ3n) is 6.12. The summed E-state index contributed by atoms with van der Waals surface area (Å²) in [5, 5.41) is 11.5. The van der Waals surface area contributed by atoms with Crippen molar-refractivity contribution in [2.45, 2.75) is 25.2 Å². The van der Waals surface area contributed by atoms with Crippen LogP contribution in [0.4, 0.5) is 0 Å². The molecule has 0 bridgehead atoms. The second-order valence-corrected chi connectivity index (χ2v) is 7.94. The standard InChI is InChI=1S/C25H25N5O5/c1-33-19-12-21(35-3)20(34-2)11-15(19)22-16(13-26)24(27)30(17-5-4-6-18(31)23(17)22)29-25(32)14-7-9-28-10-8-14/h7-12,22H,4-6,27H2,1-3H3,(H,29,32). The number of hydrazine groups is 1. The summed E-state index contributed by atoms with van der Waals surface area (Å²) in [7, 11) is 4.49. The van der Waals surface area contributed by atoms with Crippen LogP contribution in [-0.4, -0.2) is 43.0 Å². The van der Waals surface area contributed by atoms with Gasteiger partial charge in [0.05, 0.1) is 38.9 Å². The molecule has 1 unspecified atom stereocenters. The molecule has 10 nitrogen and oxygen atoms in total. The van der Waals surface area contributed by atoms with Crippen molar-refractivity contribution in [3.05, 3.63) is 70.5 Å². The van der Waals surface area contributed by atoms with E-state index in [9.17, 15) is 14.9 Å². The Hall–Kier alpha value is -4.52. The molecule has 10 heteroatoms. The van der Waals surface area contributed by atoms with E-state index in [1.54, 1.807) is 24.3 Å². The molecule has 1 aromatic carbocycles. The van der Waals surface area contributed by atoms with Gasteiger partial charge in [-0.25, -0.2) is 5.01 Å². The van der Waals surface area contributed by atoms with Crippen molar-refractivity contribution in [3.8, 4) is 23.3 Å². The monoisotopic (exact) mass is 475 g/mol. The first-order chi connectivity index (χ1) is 16.9. The van der Waals surface area contributed by atoms with Crippen LogP contribution >= 0.6 is 0 Å². The Morgan fingerprint density at radius 3 is 2.40 bits per heavy atom. The van der Waals surface area contributed by atoms with Crippen molar-refractivity contribution in [1.82, 2.24) is 15.4 Å². The third-order valence-corrected chi connectivity index (χ3v) is 6.12. The van der Waals surface area contributed by atoms with Gasteiger partial charge in [0.1, 0.15) is 11.6 Å². The van der Waals surface area contributed by atoms with E-state index in [4.69, 9.17) is 19.9 Å². The molecule has 2 aromatic rings. The van der Waals surface area contributed by atoms with E-state index in [1.165, 1.54) is 38.7 Å². The van der Waals surface area contributed by atoms with Gasteiger partial charge in [0.25, 0.3) is 5.91 Å². The van der Waals surface area contributed by atoms with Crippen LogP contribution in [0.2, 0.25) is 0 Å². The van der Waals surface area contributed by atoms with Crippen LogP contribution in [0.1, 0.15) is 41.1 Å². The highest BCUT2D eigenvalue weighted by Gasteiger charge is 2.42. The summed E-state index contributed by atoms with van der Waals surface area (Å²) in [5.41, 5.74) is 11.2. The number of methoxy groups -OCH3 is 3. The number of pyridine rings is 1. The van der Waals surface area contributed by atoms with Crippen molar-refractivity contribution in [1.29, 1.82) is 5.26 Å². The highest BCUT2D eigenvalue weighted by atomic mass is 16.5. The van der Waals surface area contributed by atoms with E-state index in [0.717, 1.165) is 0 Å². The van der Waals surface area contributed by atoms with Gasteiger partial charge < -0.3 is 19.9 Å². The van der Waals surface area contributed by atoms with Gasteiger partial charge in [0.2, 0.25) is 0 Å². The maximum absolute atomic E-state index is 13.3. The number of ether oxygens (including phenoxy) is 3. The molecule has 0 fully saturated rings. The number of Topliss-reactive ketones (excluding diaryl/α,β-unsaturated/α-hetero) is 1. The molecule has 1 aliphatic heterocycles. The Morgan fingerprint density at radius 2 is 1.77 bits per heavy atom. The number of amides is 1. The summed E-state index contributed by atoms with van der Waals surface area (Å²) in [6.07, 6.45) is 4.39. The number of hydrogen-bond donors (Lipinski definition) is 2. The number of rotatable bonds is 6. The Balaban J connectivity index is 1.89. The molecular formula is C25H25N5O5. The van der Waals surface area contributed by atoms with Crippen LogP contribution in [0.5, 0.6) is 17.2 Å². The number of nitrogens with zero attached hydrogens (tertiary/aromatic N) is 3. The molecule has 180 valence electrons. The second kappa shape index (κ2) is 9.77. The number of nitriles is 1. The van der Waals surface area contributed by atoms with Crippen molar-refractivity contribution in [2.75, 3.05) is 21.3 Å². The van der Waals surface area contributed by atoms with Gasteiger partial charge in [-0.1, -0.05) is 0 Å². The summed E-state index contributed by atoms with van der Waals surface area (Å²) in [5.74, 6) is -0.0755. The molecule has 0 radical (unpaired) electrons. The number of hydrogen-bond acceptors (Lipinski definition) is 9. The number of carbonyl (C=O) groups excluding carboxylic acids is 2. The number of carbonyl (C=O) groups is 2. The number of benzene rings is 1. The summed E-state index contributed by atoms with van der Waals surface area (Å²) >= 11 is 0. The first kappa shape index (κ1) is 23.6. The first-order valence-electron chi connectivity index (χ1n) is 10.9. The van der Waals surface area contributed by atoms with Crippen molar-refractivity contribution >= 4 is 11.7 Å². The average Bonchev–Trinajstić information content (AvgIpc) is 2.89. The van der Waals surface area contributed by atoms with E-state index < -0.39 is 11.8 Å². The molecule has 0 spiro atoms. The first-order valence-corrected chi connectivity index (χ1v) is 10.9.